The topological polar surface area (TPSA) is 108 Å². The fourth-order valence-electron chi connectivity index (χ4n) is 4.54. The van der Waals surface area contributed by atoms with Crippen molar-refractivity contribution in [3.05, 3.63) is 34.9 Å². The SMILES string of the molecule is CC1(C)CC(NCc2cccc3c2C(=O)N(C2CCC(=O)NC2=O)C3=O)CCN1. The fourth-order valence-corrected chi connectivity index (χ4v) is 4.54. The number of carbonyl (C=O) groups excluding carboxylic acids is 4. The molecule has 0 saturated carbocycles. The van der Waals surface area contributed by atoms with Crippen LogP contribution in [0.25, 0.3) is 0 Å². The summed E-state index contributed by atoms with van der Waals surface area (Å²) >= 11 is 0. The first-order valence-electron chi connectivity index (χ1n) is 10.1. The van der Waals surface area contributed by atoms with Gasteiger partial charge in [0.25, 0.3) is 11.8 Å². The van der Waals surface area contributed by atoms with Crippen molar-refractivity contribution in [1.29, 1.82) is 0 Å². The van der Waals surface area contributed by atoms with Crippen molar-refractivity contribution in [2.45, 2.75) is 63.7 Å². The molecule has 154 valence electrons. The standard InChI is InChI=1S/C21H26N4O4/c1-21(2)10-13(8-9-23-21)22-11-12-4-3-5-14-17(12)20(29)25(19(14)28)15-6-7-16(26)24-18(15)27/h3-5,13,15,22-23H,6-11H2,1-2H3,(H,24,26,27). The number of hydrogen-bond donors (Lipinski definition) is 3. The van der Waals surface area contributed by atoms with Gasteiger partial charge in [0.2, 0.25) is 11.8 Å². The highest BCUT2D eigenvalue weighted by Gasteiger charge is 2.45. The lowest BCUT2D eigenvalue weighted by atomic mass is 9.89. The van der Waals surface area contributed by atoms with Crippen LogP contribution in [-0.4, -0.2) is 52.7 Å². The van der Waals surface area contributed by atoms with Crippen LogP contribution in [0.3, 0.4) is 0 Å². The van der Waals surface area contributed by atoms with E-state index in [1.807, 2.05) is 6.07 Å². The summed E-state index contributed by atoms with van der Waals surface area (Å²) in [6.07, 6.45) is 2.24. The third kappa shape index (κ3) is 3.70. The van der Waals surface area contributed by atoms with Crippen LogP contribution in [0.5, 0.6) is 0 Å². The van der Waals surface area contributed by atoms with Crippen LogP contribution < -0.4 is 16.0 Å². The van der Waals surface area contributed by atoms with E-state index in [2.05, 4.69) is 29.8 Å². The number of hydrogen-bond acceptors (Lipinski definition) is 6. The molecular formula is C21H26N4O4. The Kier molecular flexibility index (Phi) is 5.00. The number of benzene rings is 1. The van der Waals surface area contributed by atoms with Gasteiger partial charge in [-0.1, -0.05) is 12.1 Å². The Hall–Kier alpha value is -2.58. The maximum absolute atomic E-state index is 13.1. The van der Waals surface area contributed by atoms with Crippen molar-refractivity contribution in [1.82, 2.24) is 20.9 Å². The first-order chi connectivity index (χ1) is 13.8. The summed E-state index contributed by atoms with van der Waals surface area (Å²) in [7, 11) is 0. The molecule has 3 N–H and O–H groups in total. The average Bonchev–Trinajstić information content (AvgIpc) is 2.91. The van der Waals surface area contributed by atoms with Gasteiger partial charge in [0.05, 0.1) is 11.1 Å². The fraction of sp³-hybridized carbons (Fsp3) is 0.524. The van der Waals surface area contributed by atoms with Crippen molar-refractivity contribution in [2.24, 2.45) is 0 Å². The van der Waals surface area contributed by atoms with Crippen LogP contribution >= 0.6 is 0 Å². The Morgan fingerprint density at radius 1 is 1.14 bits per heavy atom. The van der Waals surface area contributed by atoms with Gasteiger partial charge >= 0.3 is 0 Å². The zero-order valence-electron chi connectivity index (χ0n) is 16.7. The molecule has 0 aliphatic carbocycles. The Balaban J connectivity index is 1.53. The summed E-state index contributed by atoms with van der Waals surface area (Å²) in [5, 5.41) is 9.23. The Labute approximate surface area is 169 Å². The number of piperidine rings is 2. The summed E-state index contributed by atoms with van der Waals surface area (Å²) < 4.78 is 0. The molecule has 0 radical (unpaired) electrons. The molecular weight excluding hydrogens is 372 g/mol. The number of fused-ring (bicyclic) bond motifs is 1. The van der Waals surface area contributed by atoms with Crippen LogP contribution in [0.2, 0.25) is 0 Å². The molecule has 0 aromatic heterocycles. The molecule has 29 heavy (non-hydrogen) atoms. The van der Waals surface area contributed by atoms with Crippen molar-refractivity contribution >= 4 is 23.6 Å². The van der Waals surface area contributed by atoms with Gasteiger partial charge in [-0.3, -0.25) is 29.4 Å². The number of carbonyl (C=O) groups is 4. The molecule has 8 nitrogen and oxygen atoms in total. The molecule has 0 spiro atoms. The summed E-state index contributed by atoms with van der Waals surface area (Å²) in [6.45, 7) is 5.74. The van der Waals surface area contributed by atoms with Crippen molar-refractivity contribution in [2.75, 3.05) is 6.54 Å². The minimum atomic E-state index is -0.939. The molecule has 3 aliphatic rings. The summed E-state index contributed by atoms with van der Waals surface area (Å²) in [5.74, 6) is -1.89. The van der Waals surface area contributed by atoms with Crippen LogP contribution in [0.1, 0.15) is 65.8 Å². The molecule has 3 aliphatic heterocycles. The molecule has 8 heteroatoms. The van der Waals surface area contributed by atoms with Gasteiger partial charge in [0.15, 0.2) is 0 Å². The zero-order chi connectivity index (χ0) is 20.8. The van der Waals surface area contributed by atoms with Crippen molar-refractivity contribution < 1.29 is 19.2 Å². The van der Waals surface area contributed by atoms with Gasteiger partial charge in [-0.05, 0) is 51.3 Å². The van der Waals surface area contributed by atoms with Crippen molar-refractivity contribution in [3.63, 3.8) is 0 Å². The minimum absolute atomic E-state index is 0.0584. The number of nitrogens with zero attached hydrogens (tertiary/aromatic N) is 1. The zero-order valence-corrected chi connectivity index (χ0v) is 16.7. The van der Waals surface area contributed by atoms with E-state index >= 15 is 0 Å². The second-order valence-electron chi connectivity index (χ2n) is 8.67. The molecule has 0 bridgehead atoms. The second-order valence-corrected chi connectivity index (χ2v) is 8.67. The maximum atomic E-state index is 13.1. The predicted octanol–water partition coefficient (Wildman–Crippen LogP) is 0.708. The minimum Gasteiger partial charge on any atom is -0.312 e. The quantitative estimate of drug-likeness (QED) is 0.645. The lowest BCUT2D eigenvalue weighted by Gasteiger charge is -2.37. The van der Waals surface area contributed by atoms with E-state index in [9.17, 15) is 19.2 Å². The largest absolute Gasteiger partial charge is 0.312 e. The van der Waals surface area contributed by atoms with E-state index in [1.165, 1.54) is 0 Å². The first kappa shape index (κ1) is 19.7. The van der Waals surface area contributed by atoms with Crippen molar-refractivity contribution in [3.8, 4) is 0 Å². The van der Waals surface area contributed by atoms with Gasteiger partial charge in [-0.25, -0.2) is 0 Å². The molecule has 1 aromatic rings. The highest BCUT2D eigenvalue weighted by atomic mass is 16.2. The Bertz CT molecular complexity index is 895. The van der Waals surface area contributed by atoms with E-state index in [0.717, 1.165) is 29.8 Å². The van der Waals surface area contributed by atoms with Crippen LogP contribution in [0, 0.1) is 0 Å². The Morgan fingerprint density at radius 2 is 1.93 bits per heavy atom. The first-order valence-corrected chi connectivity index (χ1v) is 10.1. The van der Waals surface area contributed by atoms with Crippen LogP contribution in [-0.2, 0) is 16.1 Å². The highest BCUT2D eigenvalue weighted by Crippen LogP contribution is 2.30. The van der Waals surface area contributed by atoms with Gasteiger partial charge in [0, 0.05) is 24.5 Å². The monoisotopic (exact) mass is 398 g/mol. The average molecular weight is 398 g/mol. The molecule has 2 atom stereocenters. The number of rotatable bonds is 4. The smallest absolute Gasteiger partial charge is 0.262 e. The molecule has 2 unspecified atom stereocenters. The third-order valence-electron chi connectivity index (χ3n) is 5.99. The molecule has 4 amide bonds. The van der Waals surface area contributed by atoms with Gasteiger partial charge in [0.1, 0.15) is 6.04 Å². The predicted molar refractivity (Wildman–Crippen MR) is 105 cm³/mol. The Morgan fingerprint density at radius 3 is 2.66 bits per heavy atom. The van der Waals surface area contributed by atoms with Gasteiger partial charge in [-0.2, -0.15) is 0 Å². The van der Waals surface area contributed by atoms with E-state index in [-0.39, 0.29) is 24.3 Å². The van der Waals surface area contributed by atoms with Gasteiger partial charge in [-0.15, -0.1) is 0 Å². The number of imide groups is 2. The maximum Gasteiger partial charge on any atom is 0.262 e. The summed E-state index contributed by atoms with van der Waals surface area (Å²) in [5.41, 5.74) is 1.50. The van der Waals surface area contributed by atoms with E-state index < -0.39 is 23.8 Å². The molecule has 2 fully saturated rings. The summed E-state index contributed by atoms with van der Waals surface area (Å²) in [4.78, 5) is 50.6. The number of nitrogens with one attached hydrogen (secondary N) is 3. The molecule has 4 rings (SSSR count). The summed E-state index contributed by atoms with van der Waals surface area (Å²) in [6, 6.07) is 4.61. The van der Waals surface area contributed by atoms with E-state index in [4.69, 9.17) is 0 Å². The number of amides is 4. The van der Waals surface area contributed by atoms with E-state index in [1.54, 1.807) is 12.1 Å². The third-order valence-corrected chi connectivity index (χ3v) is 5.99. The molecule has 2 saturated heterocycles. The molecule has 1 aromatic carbocycles. The molecule has 3 heterocycles. The van der Waals surface area contributed by atoms with Crippen LogP contribution in [0.15, 0.2) is 18.2 Å². The highest BCUT2D eigenvalue weighted by molar-refractivity contribution is 6.24. The lowest BCUT2D eigenvalue weighted by Crippen LogP contribution is -2.54. The lowest BCUT2D eigenvalue weighted by molar-refractivity contribution is -0.136. The van der Waals surface area contributed by atoms with Gasteiger partial charge < -0.3 is 10.6 Å². The van der Waals surface area contributed by atoms with Crippen LogP contribution in [0.4, 0.5) is 0 Å². The normalized spacial score (nSPS) is 26.5. The second kappa shape index (κ2) is 7.35. The van der Waals surface area contributed by atoms with E-state index in [0.29, 0.717) is 23.7 Å².